The van der Waals surface area contributed by atoms with Gasteiger partial charge >= 0.3 is 0 Å². The molecule has 0 aliphatic heterocycles. The zero-order valence-electron chi connectivity index (χ0n) is 8.95. The normalized spacial score (nSPS) is 26.2. The number of nitrogens with zero attached hydrogens (tertiary/aromatic N) is 2. The topological polar surface area (TPSA) is 53.1 Å². The highest BCUT2D eigenvalue weighted by Gasteiger charge is 2.33. The molecule has 14 heavy (non-hydrogen) atoms. The fourth-order valence-electron chi connectivity index (χ4n) is 2.03. The summed E-state index contributed by atoms with van der Waals surface area (Å²) in [6.45, 7) is 2.04. The molecule has 4 heteroatoms. The lowest BCUT2D eigenvalue weighted by Gasteiger charge is -2.33. The van der Waals surface area contributed by atoms with Crippen LogP contribution in [0.2, 0.25) is 0 Å². The first-order valence-electron chi connectivity index (χ1n) is 4.95. The molecule has 4 nitrogen and oxygen atoms in total. The van der Waals surface area contributed by atoms with Crippen LogP contribution in [0.4, 0.5) is 5.82 Å². The van der Waals surface area contributed by atoms with Crippen LogP contribution in [-0.4, -0.2) is 23.0 Å². The maximum atomic E-state index is 5.86. The summed E-state index contributed by atoms with van der Waals surface area (Å²) in [5.74, 6) is 1.32. The first kappa shape index (κ1) is 9.52. The molecular formula is C10H17N3O. The average molecular weight is 195 g/mol. The molecule has 1 aliphatic carbocycles. The van der Waals surface area contributed by atoms with Crippen LogP contribution in [0.15, 0.2) is 0 Å². The van der Waals surface area contributed by atoms with Crippen molar-refractivity contribution in [3.05, 3.63) is 11.3 Å². The highest BCUT2D eigenvalue weighted by molar-refractivity contribution is 5.44. The molecule has 0 bridgehead atoms. The van der Waals surface area contributed by atoms with Crippen LogP contribution in [0.1, 0.15) is 30.0 Å². The van der Waals surface area contributed by atoms with E-state index in [1.165, 1.54) is 0 Å². The Morgan fingerprint density at radius 2 is 2.14 bits per heavy atom. The number of aromatic nitrogens is 2. The second-order valence-corrected chi connectivity index (χ2v) is 4.05. The first-order valence-corrected chi connectivity index (χ1v) is 4.95. The van der Waals surface area contributed by atoms with Crippen molar-refractivity contribution in [1.82, 2.24) is 9.78 Å². The van der Waals surface area contributed by atoms with Crippen molar-refractivity contribution >= 4 is 5.82 Å². The van der Waals surface area contributed by atoms with Crippen LogP contribution in [0.25, 0.3) is 0 Å². The van der Waals surface area contributed by atoms with E-state index in [9.17, 15) is 0 Å². The SMILES string of the molecule is COC1CC(c2nn(C)c(N)c2C)C1. The predicted molar refractivity (Wildman–Crippen MR) is 55.1 cm³/mol. The lowest BCUT2D eigenvalue weighted by atomic mass is 9.79. The molecule has 0 aromatic carbocycles. The molecule has 1 aliphatic rings. The van der Waals surface area contributed by atoms with Gasteiger partial charge in [-0.15, -0.1) is 0 Å². The third kappa shape index (κ3) is 1.30. The Morgan fingerprint density at radius 1 is 1.50 bits per heavy atom. The number of nitrogen functional groups attached to an aromatic ring is 1. The van der Waals surface area contributed by atoms with E-state index in [1.54, 1.807) is 11.8 Å². The number of methoxy groups -OCH3 is 1. The fraction of sp³-hybridized carbons (Fsp3) is 0.700. The maximum Gasteiger partial charge on any atom is 0.124 e. The van der Waals surface area contributed by atoms with Gasteiger partial charge in [0.1, 0.15) is 5.82 Å². The van der Waals surface area contributed by atoms with Gasteiger partial charge in [0.15, 0.2) is 0 Å². The summed E-state index contributed by atoms with van der Waals surface area (Å²) in [4.78, 5) is 0. The van der Waals surface area contributed by atoms with E-state index >= 15 is 0 Å². The minimum absolute atomic E-state index is 0.419. The van der Waals surface area contributed by atoms with E-state index in [0.717, 1.165) is 29.9 Å². The molecule has 1 heterocycles. The molecule has 0 unspecified atom stereocenters. The van der Waals surface area contributed by atoms with Crippen molar-refractivity contribution in [1.29, 1.82) is 0 Å². The highest BCUT2D eigenvalue weighted by atomic mass is 16.5. The first-order chi connectivity index (χ1) is 6.63. The number of ether oxygens (including phenoxy) is 1. The quantitative estimate of drug-likeness (QED) is 0.771. The van der Waals surface area contributed by atoms with Crippen LogP contribution in [0.3, 0.4) is 0 Å². The number of hydrogen-bond donors (Lipinski definition) is 1. The van der Waals surface area contributed by atoms with Gasteiger partial charge in [-0.05, 0) is 19.8 Å². The zero-order chi connectivity index (χ0) is 10.3. The third-order valence-electron chi connectivity index (χ3n) is 3.19. The van der Waals surface area contributed by atoms with Crippen molar-refractivity contribution in [2.45, 2.75) is 31.8 Å². The van der Waals surface area contributed by atoms with Crippen LogP contribution in [-0.2, 0) is 11.8 Å². The van der Waals surface area contributed by atoms with Gasteiger partial charge in [-0.2, -0.15) is 5.10 Å². The summed E-state index contributed by atoms with van der Waals surface area (Å²) in [6, 6.07) is 0. The fourth-order valence-corrected chi connectivity index (χ4v) is 2.03. The molecular weight excluding hydrogens is 178 g/mol. The Balaban J connectivity index is 2.15. The lowest BCUT2D eigenvalue weighted by Crippen LogP contribution is -2.29. The van der Waals surface area contributed by atoms with Crippen LogP contribution < -0.4 is 5.73 Å². The van der Waals surface area contributed by atoms with E-state index in [2.05, 4.69) is 5.10 Å². The van der Waals surface area contributed by atoms with Crippen molar-refractivity contribution in [3.63, 3.8) is 0 Å². The van der Waals surface area contributed by atoms with E-state index in [0.29, 0.717) is 12.0 Å². The van der Waals surface area contributed by atoms with E-state index in [-0.39, 0.29) is 0 Å². The molecule has 1 aromatic rings. The molecule has 1 fully saturated rings. The molecule has 0 amide bonds. The summed E-state index contributed by atoms with van der Waals surface area (Å²) in [5.41, 5.74) is 8.14. The molecule has 0 saturated heterocycles. The van der Waals surface area contributed by atoms with Crippen molar-refractivity contribution in [2.24, 2.45) is 7.05 Å². The molecule has 0 spiro atoms. The Hall–Kier alpha value is -1.03. The van der Waals surface area contributed by atoms with Gasteiger partial charge in [-0.25, -0.2) is 0 Å². The Kier molecular flexibility index (Phi) is 2.23. The molecule has 0 radical (unpaired) electrons. The van der Waals surface area contributed by atoms with Crippen molar-refractivity contribution in [3.8, 4) is 0 Å². The molecule has 2 N–H and O–H groups in total. The average Bonchev–Trinajstić information content (AvgIpc) is 2.32. The van der Waals surface area contributed by atoms with Gasteiger partial charge in [-0.3, -0.25) is 4.68 Å². The van der Waals surface area contributed by atoms with E-state index < -0.39 is 0 Å². The van der Waals surface area contributed by atoms with Gasteiger partial charge in [0.05, 0.1) is 11.8 Å². The maximum absolute atomic E-state index is 5.86. The highest BCUT2D eigenvalue weighted by Crippen LogP contribution is 2.39. The minimum atomic E-state index is 0.419. The van der Waals surface area contributed by atoms with Crippen molar-refractivity contribution < 1.29 is 4.74 Å². The summed E-state index contributed by atoms with van der Waals surface area (Å²) in [7, 11) is 3.65. The van der Waals surface area contributed by atoms with Gasteiger partial charge < -0.3 is 10.5 Å². The van der Waals surface area contributed by atoms with Crippen molar-refractivity contribution in [2.75, 3.05) is 12.8 Å². The molecule has 1 aromatic heterocycles. The smallest absolute Gasteiger partial charge is 0.124 e. The lowest BCUT2D eigenvalue weighted by molar-refractivity contribution is 0.0245. The third-order valence-corrected chi connectivity index (χ3v) is 3.19. The van der Waals surface area contributed by atoms with Crippen LogP contribution >= 0.6 is 0 Å². The number of hydrogen-bond acceptors (Lipinski definition) is 3. The monoisotopic (exact) mass is 195 g/mol. The summed E-state index contributed by atoms with van der Waals surface area (Å²) in [6.07, 6.45) is 2.57. The second-order valence-electron chi connectivity index (χ2n) is 4.05. The molecule has 78 valence electrons. The molecule has 0 atom stereocenters. The second kappa shape index (κ2) is 3.28. The summed E-state index contributed by atoms with van der Waals surface area (Å²) in [5, 5.41) is 4.44. The van der Waals surface area contributed by atoms with Gasteiger partial charge in [0, 0.05) is 25.6 Å². The van der Waals surface area contributed by atoms with Gasteiger partial charge in [0.25, 0.3) is 0 Å². The van der Waals surface area contributed by atoms with Crippen LogP contribution in [0, 0.1) is 6.92 Å². The van der Waals surface area contributed by atoms with Gasteiger partial charge in [0.2, 0.25) is 0 Å². The number of anilines is 1. The predicted octanol–water partition coefficient (Wildman–Crippen LogP) is 1.20. The minimum Gasteiger partial charge on any atom is -0.384 e. The summed E-state index contributed by atoms with van der Waals surface area (Å²) >= 11 is 0. The molecule has 2 rings (SSSR count). The van der Waals surface area contributed by atoms with E-state index in [4.69, 9.17) is 10.5 Å². The Bertz CT molecular complexity index is 339. The van der Waals surface area contributed by atoms with Crippen LogP contribution in [0.5, 0.6) is 0 Å². The Morgan fingerprint density at radius 3 is 2.57 bits per heavy atom. The van der Waals surface area contributed by atoms with E-state index in [1.807, 2.05) is 14.0 Å². The summed E-state index contributed by atoms with van der Waals surface area (Å²) < 4.78 is 7.00. The number of nitrogens with two attached hydrogens (primary N) is 1. The van der Waals surface area contributed by atoms with Gasteiger partial charge in [-0.1, -0.05) is 0 Å². The number of aryl methyl sites for hydroxylation is 1. The number of rotatable bonds is 2. The molecule has 1 saturated carbocycles. The Labute approximate surface area is 84.0 Å². The standard InChI is InChI=1S/C10H17N3O/c1-6-9(12-13(2)10(6)11)7-4-8(5-7)14-3/h7-8H,4-5,11H2,1-3H3. The largest absolute Gasteiger partial charge is 0.384 e. The zero-order valence-corrected chi connectivity index (χ0v) is 8.95.